The van der Waals surface area contributed by atoms with Crippen LogP contribution in [0.4, 0.5) is 5.69 Å². The second kappa shape index (κ2) is 9.60. The van der Waals surface area contributed by atoms with E-state index in [1.165, 1.54) is 11.1 Å². The number of amides is 1. The van der Waals surface area contributed by atoms with E-state index in [-0.39, 0.29) is 5.91 Å². The van der Waals surface area contributed by atoms with Crippen molar-refractivity contribution < 1.29 is 9.53 Å². The van der Waals surface area contributed by atoms with E-state index in [1.807, 2.05) is 36.4 Å². The number of benzene rings is 2. The Morgan fingerprint density at radius 2 is 1.67 bits per heavy atom. The van der Waals surface area contributed by atoms with E-state index in [9.17, 15) is 4.79 Å². The first-order valence-electron chi connectivity index (χ1n) is 9.24. The number of hydrogen-bond donors (Lipinski definition) is 2. The summed E-state index contributed by atoms with van der Waals surface area (Å²) < 4.78 is 5.37. The second-order valence-electron chi connectivity index (χ2n) is 6.54. The summed E-state index contributed by atoms with van der Waals surface area (Å²) in [4.78, 5) is 14.6. The lowest BCUT2D eigenvalue weighted by Crippen LogP contribution is -2.35. The predicted molar refractivity (Wildman–Crippen MR) is 112 cm³/mol. The van der Waals surface area contributed by atoms with Crippen LogP contribution in [0.15, 0.2) is 48.5 Å². The number of ether oxygens (including phenoxy) is 1. The Balaban J connectivity index is 1.50. The molecule has 1 heterocycles. The molecule has 0 bridgehead atoms. The van der Waals surface area contributed by atoms with Gasteiger partial charge in [-0.2, -0.15) is 0 Å². The van der Waals surface area contributed by atoms with Gasteiger partial charge in [0.05, 0.1) is 13.2 Å². The molecule has 1 fully saturated rings. The van der Waals surface area contributed by atoms with Crippen molar-refractivity contribution in [2.75, 3.05) is 31.6 Å². The van der Waals surface area contributed by atoms with Gasteiger partial charge in [-0.25, -0.2) is 0 Å². The maximum Gasteiger partial charge on any atom is 0.257 e. The van der Waals surface area contributed by atoms with E-state index in [4.69, 9.17) is 17.0 Å². The van der Waals surface area contributed by atoms with E-state index in [2.05, 4.69) is 34.6 Å². The zero-order valence-electron chi connectivity index (χ0n) is 15.5. The number of carbonyl (C=O) groups is 1. The molecule has 0 radical (unpaired) electrons. The summed E-state index contributed by atoms with van der Waals surface area (Å²) in [7, 11) is 0. The minimum Gasteiger partial charge on any atom is -0.379 e. The average Bonchev–Trinajstić information content (AvgIpc) is 2.70. The smallest absolute Gasteiger partial charge is 0.257 e. The number of nitrogens with zero attached hydrogens (tertiary/aromatic N) is 1. The fraction of sp³-hybridized carbons (Fsp3) is 0.333. The van der Waals surface area contributed by atoms with Crippen LogP contribution in [-0.4, -0.2) is 42.2 Å². The summed E-state index contributed by atoms with van der Waals surface area (Å²) >= 11 is 5.26. The number of morpholine rings is 1. The quantitative estimate of drug-likeness (QED) is 0.777. The molecule has 0 atom stereocenters. The molecule has 0 aliphatic carbocycles. The summed E-state index contributed by atoms with van der Waals surface area (Å²) in [5.74, 6) is -0.209. The van der Waals surface area contributed by atoms with E-state index < -0.39 is 0 Å². The molecule has 1 amide bonds. The van der Waals surface area contributed by atoms with Crippen LogP contribution in [0, 0.1) is 0 Å². The van der Waals surface area contributed by atoms with Crippen molar-refractivity contribution in [2.45, 2.75) is 19.9 Å². The number of carbonyl (C=O) groups excluding carboxylic acids is 1. The Morgan fingerprint density at radius 3 is 2.30 bits per heavy atom. The Hall–Kier alpha value is -2.28. The summed E-state index contributed by atoms with van der Waals surface area (Å²) in [6.07, 6.45) is 0.948. The van der Waals surface area contributed by atoms with Crippen molar-refractivity contribution in [1.29, 1.82) is 0 Å². The fourth-order valence-corrected chi connectivity index (χ4v) is 3.15. The molecule has 0 aromatic heterocycles. The van der Waals surface area contributed by atoms with Crippen LogP contribution in [0.2, 0.25) is 0 Å². The van der Waals surface area contributed by atoms with Crippen LogP contribution in [0.5, 0.6) is 0 Å². The maximum atomic E-state index is 12.3. The molecule has 1 saturated heterocycles. The van der Waals surface area contributed by atoms with Crippen LogP contribution in [0.25, 0.3) is 0 Å². The molecule has 27 heavy (non-hydrogen) atoms. The van der Waals surface area contributed by atoms with Gasteiger partial charge >= 0.3 is 0 Å². The van der Waals surface area contributed by atoms with Gasteiger partial charge in [0.25, 0.3) is 5.91 Å². The third-order valence-corrected chi connectivity index (χ3v) is 4.78. The highest BCUT2D eigenvalue weighted by molar-refractivity contribution is 7.80. The van der Waals surface area contributed by atoms with Gasteiger partial charge in [-0.15, -0.1) is 0 Å². The molecular formula is C21H25N3O2S. The van der Waals surface area contributed by atoms with Crippen molar-refractivity contribution in [3.8, 4) is 0 Å². The zero-order valence-corrected chi connectivity index (χ0v) is 16.3. The summed E-state index contributed by atoms with van der Waals surface area (Å²) in [6.45, 7) is 6.53. The highest BCUT2D eigenvalue weighted by Crippen LogP contribution is 2.13. The van der Waals surface area contributed by atoms with Crippen LogP contribution >= 0.6 is 12.2 Å². The van der Waals surface area contributed by atoms with E-state index in [1.54, 1.807) is 0 Å². The molecule has 1 aliphatic rings. The normalized spacial score (nSPS) is 14.6. The third kappa shape index (κ3) is 5.85. The minimum atomic E-state index is -0.209. The lowest BCUT2D eigenvalue weighted by atomic mass is 10.1. The monoisotopic (exact) mass is 383 g/mol. The van der Waals surface area contributed by atoms with Gasteiger partial charge in [0.15, 0.2) is 5.11 Å². The Kier molecular flexibility index (Phi) is 6.92. The highest BCUT2D eigenvalue weighted by Gasteiger charge is 2.11. The third-order valence-electron chi connectivity index (χ3n) is 4.57. The Morgan fingerprint density at radius 1 is 1.04 bits per heavy atom. The molecule has 1 aliphatic heterocycles. The average molecular weight is 384 g/mol. The van der Waals surface area contributed by atoms with Gasteiger partial charge in [0.1, 0.15) is 0 Å². The molecule has 0 spiro atoms. The van der Waals surface area contributed by atoms with Crippen molar-refractivity contribution in [2.24, 2.45) is 0 Å². The fourth-order valence-electron chi connectivity index (χ4n) is 2.94. The number of aryl methyl sites for hydroxylation is 1. The Bertz CT molecular complexity index is 769. The molecule has 142 valence electrons. The van der Waals surface area contributed by atoms with E-state index >= 15 is 0 Å². The largest absolute Gasteiger partial charge is 0.379 e. The van der Waals surface area contributed by atoms with Crippen molar-refractivity contribution in [3.63, 3.8) is 0 Å². The molecule has 2 aromatic carbocycles. The van der Waals surface area contributed by atoms with Gasteiger partial charge in [-0.1, -0.05) is 31.2 Å². The SMILES string of the molecule is CCc1ccc(C(=O)NC(=S)Nc2ccc(CN3CCOCC3)cc2)cc1. The topological polar surface area (TPSA) is 53.6 Å². The van der Waals surface area contributed by atoms with E-state index in [0.717, 1.165) is 45.0 Å². The summed E-state index contributed by atoms with van der Waals surface area (Å²) in [5, 5.41) is 6.08. The second-order valence-corrected chi connectivity index (χ2v) is 6.95. The Labute approximate surface area is 165 Å². The molecular weight excluding hydrogens is 358 g/mol. The van der Waals surface area contributed by atoms with Gasteiger partial charge in [0.2, 0.25) is 0 Å². The number of hydrogen-bond acceptors (Lipinski definition) is 4. The van der Waals surface area contributed by atoms with Crippen LogP contribution in [0.1, 0.15) is 28.4 Å². The lowest BCUT2D eigenvalue weighted by Gasteiger charge is -2.26. The molecule has 3 rings (SSSR count). The first kappa shape index (κ1) is 19.5. The van der Waals surface area contributed by atoms with Gasteiger partial charge in [-0.05, 0) is 54.0 Å². The standard InChI is InChI=1S/C21H25N3O2S/c1-2-16-3-7-18(8-4-16)20(25)23-21(27)22-19-9-5-17(6-10-19)15-24-11-13-26-14-12-24/h3-10H,2,11-15H2,1H3,(H2,22,23,25,27). The molecule has 6 heteroatoms. The molecule has 0 saturated carbocycles. The van der Waals surface area contributed by atoms with Gasteiger partial charge < -0.3 is 10.1 Å². The van der Waals surface area contributed by atoms with Gasteiger partial charge in [0, 0.05) is 30.9 Å². The van der Waals surface area contributed by atoms with Crippen LogP contribution in [-0.2, 0) is 17.7 Å². The zero-order chi connectivity index (χ0) is 19.1. The first-order valence-corrected chi connectivity index (χ1v) is 9.65. The molecule has 2 aromatic rings. The lowest BCUT2D eigenvalue weighted by molar-refractivity contribution is 0.0342. The minimum absolute atomic E-state index is 0.209. The molecule has 2 N–H and O–H groups in total. The number of rotatable bonds is 5. The molecule has 5 nitrogen and oxygen atoms in total. The van der Waals surface area contributed by atoms with Crippen molar-refractivity contribution in [3.05, 3.63) is 65.2 Å². The van der Waals surface area contributed by atoms with Crippen LogP contribution in [0.3, 0.4) is 0 Å². The van der Waals surface area contributed by atoms with Gasteiger partial charge in [-0.3, -0.25) is 15.0 Å². The number of nitrogens with one attached hydrogen (secondary N) is 2. The maximum absolute atomic E-state index is 12.3. The van der Waals surface area contributed by atoms with Crippen molar-refractivity contribution in [1.82, 2.24) is 10.2 Å². The summed E-state index contributed by atoms with van der Waals surface area (Å²) in [5.41, 5.74) is 3.89. The molecule has 0 unspecified atom stereocenters. The number of anilines is 1. The predicted octanol–water partition coefficient (Wildman–Crippen LogP) is 3.21. The van der Waals surface area contributed by atoms with Crippen molar-refractivity contribution >= 4 is 28.9 Å². The first-order chi connectivity index (χ1) is 13.1. The number of thiocarbonyl (C=S) groups is 1. The summed E-state index contributed by atoms with van der Waals surface area (Å²) in [6, 6.07) is 15.7. The van der Waals surface area contributed by atoms with Crippen LogP contribution < -0.4 is 10.6 Å². The van der Waals surface area contributed by atoms with E-state index in [0.29, 0.717) is 10.7 Å². The highest BCUT2D eigenvalue weighted by atomic mass is 32.1.